The van der Waals surface area contributed by atoms with Gasteiger partial charge in [-0.25, -0.2) is 0 Å². The molecule has 0 aromatic heterocycles. The lowest BCUT2D eigenvalue weighted by Crippen LogP contribution is -2.29. The van der Waals surface area contributed by atoms with E-state index in [0.29, 0.717) is 5.04 Å². The zero-order chi connectivity index (χ0) is 11.0. The van der Waals surface area contributed by atoms with Crippen LogP contribution in [0, 0.1) is 5.92 Å². The van der Waals surface area contributed by atoms with Gasteiger partial charge in [-0.15, -0.1) is 18.3 Å². The third kappa shape index (κ3) is 4.32. The number of hydrogen-bond donors (Lipinski definition) is 2. The molecule has 0 bridgehead atoms. The molecule has 1 amide bonds. The third-order valence-electron chi connectivity index (χ3n) is 1.68. The SMILES string of the molecule is C=CCCSC(=NO)C(C)C(=O)NC. The summed E-state index contributed by atoms with van der Waals surface area (Å²) in [4.78, 5) is 11.2. The number of thioether (sulfide) groups is 1. The molecule has 0 spiro atoms. The molecule has 2 N–H and O–H groups in total. The second-order valence-electron chi connectivity index (χ2n) is 2.70. The Balaban J connectivity index is 4.13. The third-order valence-corrected chi connectivity index (χ3v) is 2.85. The quantitative estimate of drug-likeness (QED) is 0.183. The molecular formula is C9H16N2O2S. The van der Waals surface area contributed by atoms with Crippen molar-refractivity contribution in [3.63, 3.8) is 0 Å². The predicted octanol–water partition coefficient (Wildman–Crippen LogP) is 1.47. The Kier molecular flexibility index (Phi) is 6.92. The predicted molar refractivity (Wildman–Crippen MR) is 59.7 cm³/mol. The summed E-state index contributed by atoms with van der Waals surface area (Å²) in [7, 11) is 1.56. The topological polar surface area (TPSA) is 61.7 Å². The summed E-state index contributed by atoms with van der Waals surface area (Å²) in [6.45, 7) is 5.29. The number of carbonyl (C=O) groups is 1. The Morgan fingerprint density at radius 1 is 1.79 bits per heavy atom. The average molecular weight is 216 g/mol. The minimum atomic E-state index is -0.403. The minimum absolute atomic E-state index is 0.149. The summed E-state index contributed by atoms with van der Waals surface area (Å²) in [5, 5.41) is 14.8. The highest BCUT2D eigenvalue weighted by Gasteiger charge is 2.18. The molecule has 0 saturated carbocycles. The van der Waals surface area contributed by atoms with E-state index in [1.165, 1.54) is 11.8 Å². The van der Waals surface area contributed by atoms with Gasteiger partial charge in [-0.05, 0) is 13.3 Å². The van der Waals surface area contributed by atoms with Crippen LogP contribution in [0.25, 0.3) is 0 Å². The summed E-state index contributed by atoms with van der Waals surface area (Å²) in [6.07, 6.45) is 2.61. The van der Waals surface area contributed by atoms with E-state index in [4.69, 9.17) is 5.21 Å². The second-order valence-corrected chi connectivity index (χ2v) is 3.82. The number of nitrogens with zero attached hydrogens (tertiary/aromatic N) is 1. The van der Waals surface area contributed by atoms with Crippen molar-refractivity contribution < 1.29 is 10.0 Å². The Labute approximate surface area is 88.4 Å². The van der Waals surface area contributed by atoms with Crippen molar-refractivity contribution in [1.29, 1.82) is 0 Å². The molecule has 0 aliphatic heterocycles. The number of hydrogen-bond acceptors (Lipinski definition) is 4. The van der Waals surface area contributed by atoms with Gasteiger partial charge < -0.3 is 10.5 Å². The van der Waals surface area contributed by atoms with E-state index in [-0.39, 0.29) is 5.91 Å². The van der Waals surface area contributed by atoms with Gasteiger partial charge in [-0.1, -0.05) is 11.2 Å². The van der Waals surface area contributed by atoms with Crippen LogP contribution in [0.1, 0.15) is 13.3 Å². The van der Waals surface area contributed by atoms with Gasteiger partial charge in [0.05, 0.1) is 5.92 Å². The fourth-order valence-corrected chi connectivity index (χ4v) is 1.72. The van der Waals surface area contributed by atoms with Crippen molar-refractivity contribution in [1.82, 2.24) is 5.32 Å². The van der Waals surface area contributed by atoms with E-state index in [9.17, 15) is 4.79 Å². The molecule has 0 aliphatic rings. The fourth-order valence-electron chi connectivity index (χ4n) is 0.816. The van der Waals surface area contributed by atoms with Gasteiger partial charge in [-0.3, -0.25) is 4.79 Å². The monoisotopic (exact) mass is 216 g/mol. The fraction of sp³-hybridized carbons (Fsp3) is 0.556. The van der Waals surface area contributed by atoms with Gasteiger partial charge in [-0.2, -0.15) is 0 Å². The molecule has 0 heterocycles. The molecule has 1 unspecified atom stereocenters. The molecule has 0 aromatic rings. The lowest BCUT2D eigenvalue weighted by molar-refractivity contribution is -0.122. The first kappa shape index (κ1) is 13.0. The van der Waals surface area contributed by atoms with Crippen LogP contribution in [0.5, 0.6) is 0 Å². The molecule has 0 aromatic carbocycles. The van der Waals surface area contributed by atoms with Gasteiger partial charge in [0.2, 0.25) is 5.91 Å². The summed E-state index contributed by atoms with van der Waals surface area (Å²) in [5.41, 5.74) is 0. The first-order valence-electron chi connectivity index (χ1n) is 4.34. The van der Waals surface area contributed by atoms with Crippen molar-refractivity contribution >= 4 is 22.7 Å². The molecule has 5 heteroatoms. The number of oxime groups is 1. The smallest absolute Gasteiger partial charge is 0.229 e. The standard InChI is InChI=1S/C9H16N2O2S/c1-4-5-6-14-9(11-13)7(2)8(12)10-3/h4,7,13H,1,5-6H2,2-3H3,(H,10,12). The van der Waals surface area contributed by atoms with Gasteiger partial charge >= 0.3 is 0 Å². The molecule has 1 atom stereocenters. The van der Waals surface area contributed by atoms with Gasteiger partial charge in [0, 0.05) is 12.8 Å². The average Bonchev–Trinajstić information content (AvgIpc) is 2.22. The summed E-state index contributed by atoms with van der Waals surface area (Å²) < 4.78 is 0. The van der Waals surface area contributed by atoms with Crippen LogP contribution in [0.4, 0.5) is 0 Å². The van der Waals surface area contributed by atoms with Crippen LogP contribution in [-0.2, 0) is 4.79 Å². The van der Waals surface area contributed by atoms with Gasteiger partial charge in [0.25, 0.3) is 0 Å². The normalized spacial score (nSPS) is 13.4. The first-order valence-corrected chi connectivity index (χ1v) is 5.33. The summed E-state index contributed by atoms with van der Waals surface area (Å²) in [6, 6.07) is 0. The summed E-state index contributed by atoms with van der Waals surface area (Å²) >= 11 is 1.37. The van der Waals surface area contributed by atoms with Crippen LogP contribution in [0.2, 0.25) is 0 Å². The van der Waals surface area contributed by atoms with Crippen molar-refractivity contribution in [3.05, 3.63) is 12.7 Å². The van der Waals surface area contributed by atoms with Crippen LogP contribution in [0.3, 0.4) is 0 Å². The zero-order valence-corrected chi connectivity index (χ0v) is 9.30. The molecule has 14 heavy (non-hydrogen) atoms. The van der Waals surface area contributed by atoms with E-state index in [2.05, 4.69) is 17.1 Å². The Bertz CT molecular complexity index is 229. The minimum Gasteiger partial charge on any atom is -0.410 e. The molecule has 0 rings (SSSR count). The molecule has 0 saturated heterocycles. The molecule has 0 fully saturated rings. The van der Waals surface area contributed by atoms with Crippen LogP contribution >= 0.6 is 11.8 Å². The maximum Gasteiger partial charge on any atom is 0.229 e. The largest absolute Gasteiger partial charge is 0.410 e. The van der Waals surface area contributed by atoms with E-state index in [0.717, 1.165) is 12.2 Å². The molecular weight excluding hydrogens is 200 g/mol. The van der Waals surface area contributed by atoms with Gasteiger partial charge in [0.1, 0.15) is 5.04 Å². The van der Waals surface area contributed by atoms with Crippen molar-refractivity contribution in [2.45, 2.75) is 13.3 Å². The highest BCUT2D eigenvalue weighted by Crippen LogP contribution is 2.14. The molecule has 0 radical (unpaired) electrons. The molecule has 0 aliphatic carbocycles. The first-order chi connectivity index (χ1) is 6.67. The highest BCUT2D eigenvalue weighted by atomic mass is 32.2. The molecule has 80 valence electrons. The Morgan fingerprint density at radius 3 is 2.86 bits per heavy atom. The van der Waals surface area contributed by atoms with Crippen LogP contribution in [0.15, 0.2) is 17.8 Å². The lowest BCUT2D eigenvalue weighted by atomic mass is 10.2. The Hall–Kier alpha value is -0.970. The molecule has 4 nitrogen and oxygen atoms in total. The van der Waals surface area contributed by atoms with Crippen molar-refractivity contribution in [2.75, 3.05) is 12.8 Å². The van der Waals surface area contributed by atoms with Crippen LogP contribution in [-0.4, -0.2) is 29.0 Å². The number of amides is 1. The highest BCUT2D eigenvalue weighted by molar-refractivity contribution is 8.14. The van der Waals surface area contributed by atoms with Crippen molar-refractivity contribution in [2.24, 2.45) is 11.1 Å². The maximum absolute atomic E-state index is 11.2. The number of rotatable bonds is 5. The van der Waals surface area contributed by atoms with E-state index in [1.807, 2.05) is 0 Å². The second kappa shape index (κ2) is 7.44. The lowest BCUT2D eigenvalue weighted by Gasteiger charge is -2.10. The van der Waals surface area contributed by atoms with Crippen molar-refractivity contribution in [3.8, 4) is 0 Å². The maximum atomic E-state index is 11.2. The van der Waals surface area contributed by atoms with E-state index in [1.54, 1.807) is 20.0 Å². The number of allylic oxidation sites excluding steroid dienone is 1. The number of carbonyl (C=O) groups excluding carboxylic acids is 1. The van der Waals surface area contributed by atoms with Gasteiger partial charge in [0.15, 0.2) is 0 Å². The Morgan fingerprint density at radius 2 is 2.43 bits per heavy atom. The van der Waals surface area contributed by atoms with E-state index >= 15 is 0 Å². The zero-order valence-electron chi connectivity index (χ0n) is 8.49. The summed E-state index contributed by atoms with van der Waals surface area (Å²) in [5.74, 6) is 0.216. The van der Waals surface area contributed by atoms with E-state index < -0.39 is 5.92 Å². The number of nitrogens with one attached hydrogen (secondary N) is 1. The van der Waals surface area contributed by atoms with Crippen LogP contribution < -0.4 is 5.32 Å².